The molecule has 0 aromatic carbocycles. The summed E-state index contributed by atoms with van der Waals surface area (Å²) >= 11 is 0. The SMILES string of the molecule is CC(C)C(=O)Nc1ccc(N2CCCC[C@@H]3CN(C(=O)c4ccn(C)n4)C[C@@H]32)nc1. The summed E-state index contributed by atoms with van der Waals surface area (Å²) in [5, 5.41) is 7.17. The first kappa shape index (κ1) is 20.4. The fourth-order valence-corrected chi connectivity index (χ4v) is 4.40. The van der Waals surface area contributed by atoms with Crippen LogP contribution in [0.4, 0.5) is 11.5 Å². The number of aromatic nitrogens is 3. The second kappa shape index (κ2) is 8.45. The molecule has 2 atom stereocenters. The van der Waals surface area contributed by atoms with Crippen molar-refractivity contribution in [2.75, 3.05) is 29.9 Å². The maximum Gasteiger partial charge on any atom is 0.274 e. The van der Waals surface area contributed by atoms with Gasteiger partial charge in [0.05, 0.1) is 17.9 Å². The maximum absolute atomic E-state index is 12.9. The Balaban J connectivity index is 1.49. The molecule has 1 N–H and O–H groups in total. The molecule has 8 nitrogen and oxygen atoms in total. The average molecular weight is 411 g/mol. The van der Waals surface area contributed by atoms with E-state index >= 15 is 0 Å². The normalized spacial score (nSPS) is 21.5. The Kier molecular flexibility index (Phi) is 5.74. The van der Waals surface area contributed by atoms with Crippen molar-refractivity contribution in [1.82, 2.24) is 19.7 Å². The van der Waals surface area contributed by atoms with Gasteiger partial charge in [-0.05, 0) is 37.0 Å². The summed E-state index contributed by atoms with van der Waals surface area (Å²) in [4.78, 5) is 33.8. The minimum Gasteiger partial charge on any atom is -0.352 e. The monoisotopic (exact) mass is 410 g/mol. The van der Waals surface area contributed by atoms with Crippen LogP contribution in [0.15, 0.2) is 30.6 Å². The van der Waals surface area contributed by atoms with Gasteiger partial charge in [-0.15, -0.1) is 0 Å². The van der Waals surface area contributed by atoms with E-state index in [1.807, 2.05) is 37.9 Å². The molecular formula is C22H30N6O2. The molecule has 2 aliphatic heterocycles. The predicted molar refractivity (Wildman–Crippen MR) is 115 cm³/mol. The molecule has 0 saturated carbocycles. The van der Waals surface area contributed by atoms with Crippen molar-refractivity contribution in [3.8, 4) is 0 Å². The first-order valence-electron chi connectivity index (χ1n) is 10.7. The molecule has 2 aliphatic rings. The number of nitrogens with zero attached hydrogens (tertiary/aromatic N) is 5. The van der Waals surface area contributed by atoms with Crippen molar-refractivity contribution in [2.24, 2.45) is 18.9 Å². The quantitative estimate of drug-likeness (QED) is 0.838. The smallest absolute Gasteiger partial charge is 0.274 e. The number of rotatable bonds is 4. The summed E-state index contributed by atoms with van der Waals surface area (Å²) in [5.41, 5.74) is 1.21. The van der Waals surface area contributed by atoms with Crippen molar-refractivity contribution in [3.05, 3.63) is 36.3 Å². The lowest BCUT2D eigenvalue weighted by Gasteiger charge is -2.31. The Morgan fingerprint density at radius 1 is 1.17 bits per heavy atom. The largest absolute Gasteiger partial charge is 0.352 e. The van der Waals surface area contributed by atoms with Crippen LogP contribution in [0.5, 0.6) is 0 Å². The van der Waals surface area contributed by atoms with Crippen molar-refractivity contribution < 1.29 is 9.59 Å². The van der Waals surface area contributed by atoms with Gasteiger partial charge in [0.2, 0.25) is 5.91 Å². The zero-order valence-electron chi connectivity index (χ0n) is 17.9. The van der Waals surface area contributed by atoms with Gasteiger partial charge < -0.3 is 15.1 Å². The van der Waals surface area contributed by atoms with Crippen LogP contribution in [0.1, 0.15) is 43.6 Å². The standard InChI is InChI=1S/C22H30N6O2/c1-15(2)21(29)24-17-7-8-20(23-12-17)28-10-5-4-6-16-13-27(14-19(16)28)22(30)18-9-11-26(3)25-18/h7-9,11-12,15-16,19H,4-6,10,13-14H2,1-3H3,(H,24,29)/t16-,19+/m1/s1. The Hall–Kier alpha value is -2.90. The van der Waals surface area contributed by atoms with Gasteiger partial charge in [-0.2, -0.15) is 5.10 Å². The van der Waals surface area contributed by atoms with E-state index in [0.717, 1.165) is 38.2 Å². The van der Waals surface area contributed by atoms with Gasteiger partial charge >= 0.3 is 0 Å². The Bertz CT molecular complexity index is 907. The molecule has 8 heteroatoms. The van der Waals surface area contributed by atoms with Crippen molar-refractivity contribution >= 4 is 23.3 Å². The van der Waals surface area contributed by atoms with Crippen molar-refractivity contribution in [1.29, 1.82) is 0 Å². The zero-order chi connectivity index (χ0) is 21.3. The van der Waals surface area contributed by atoms with E-state index in [1.165, 1.54) is 0 Å². The first-order valence-corrected chi connectivity index (χ1v) is 10.7. The van der Waals surface area contributed by atoms with Crippen LogP contribution in [-0.2, 0) is 11.8 Å². The van der Waals surface area contributed by atoms with E-state index in [2.05, 4.69) is 20.3 Å². The number of fused-ring (bicyclic) bond motifs is 1. The summed E-state index contributed by atoms with van der Waals surface area (Å²) in [6, 6.07) is 5.92. The van der Waals surface area contributed by atoms with Gasteiger partial charge in [0, 0.05) is 38.8 Å². The van der Waals surface area contributed by atoms with Crippen LogP contribution >= 0.6 is 0 Å². The number of anilines is 2. The van der Waals surface area contributed by atoms with E-state index in [1.54, 1.807) is 23.1 Å². The number of nitrogens with one attached hydrogen (secondary N) is 1. The highest BCUT2D eigenvalue weighted by Crippen LogP contribution is 2.33. The Morgan fingerprint density at radius 2 is 2.00 bits per heavy atom. The molecule has 2 saturated heterocycles. The molecule has 4 heterocycles. The van der Waals surface area contributed by atoms with Crippen LogP contribution in [0.3, 0.4) is 0 Å². The minimum atomic E-state index is -0.0721. The number of hydrogen-bond donors (Lipinski definition) is 1. The number of pyridine rings is 1. The second-order valence-electron chi connectivity index (χ2n) is 8.65. The summed E-state index contributed by atoms with van der Waals surface area (Å²) in [5.74, 6) is 1.25. The lowest BCUT2D eigenvalue weighted by atomic mass is 9.98. The van der Waals surface area contributed by atoms with E-state index in [9.17, 15) is 9.59 Å². The molecular weight excluding hydrogens is 380 g/mol. The molecule has 0 radical (unpaired) electrons. The third-order valence-corrected chi connectivity index (χ3v) is 6.08. The van der Waals surface area contributed by atoms with Crippen LogP contribution in [-0.4, -0.2) is 57.2 Å². The zero-order valence-corrected chi connectivity index (χ0v) is 17.9. The number of likely N-dealkylation sites (tertiary alicyclic amines) is 1. The molecule has 0 aliphatic carbocycles. The molecule has 0 spiro atoms. The molecule has 30 heavy (non-hydrogen) atoms. The lowest BCUT2D eigenvalue weighted by Crippen LogP contribution is -2.41. The summed E-state index contributed by atoms with van der Waals surface area (Å²) in [7, 11) is 1.82. The summed E-state index contributed by atoms with van der Waals surface area (Å²) in [6.07, 6.45) is 6.93. The van der Waals surface area contributed by atoms with Gasteiger partial charge in [-0.1, -0.05) is 20.3 Å². The van der Waals surface area contributed by atoms with Crippen LogP contribution < -0.4 is 10.2 Å². The van der Waals surface area contributed by atoms with E-state index in [0.29, 0.717) is 23.8 Å². The van der Waals surface area contributed by atoms with Crippen molar-refractivity contribution in [3.63, 3.8) is 0 Å². The Morgan fingerprint density at radius 3 is 2.67 bits per heavy atom. The number of amides is 2. The van der Waals surface area contributed by atoms with Crippen LogP contribution in [0, 0.1) is 11.8 Å². The Labute approximate surface area is 177 Å². The van der Waals surface area contributed by atoms with Gasteiger partial charge in [0.15, 0.2) is 0 Å². The third-order valence-electron chi connectivity index (χ3n) is 6.08. The molecule has 2 aromatic rings. The molecule has 4 rings (SSSR count). The van der Waals surface area contributed by atoms with Gasteiger partial charge in [-0.25, -0.2) is 4.98 Å². The molecule has 0 bridgehead atoms. The molecule has 2 aromatic heterocycles. The van der Waals surface area contributed by atoms with Gasteiger partial charge in [0.1, 0.15) is 11.5 Å². The van der Waals surface area contributed by atoms with Crippen LogP contribution in [0.2, 0.25) is 0 Å². The maximum atomic E-state index is 12.9. The highest BCUT2D eigenvalue weighted by molar-refractivity contribution is 5.93. The topological polar surface area (TPSA) is 83.4 Å². The van der Waals surface area contributed by atoms with E-state index in [-0.39, 0.29) is 23.8 Å². The fourth-order valence-electron chi connectivity index (χ4n) is 4.40. The average Bonchev–Trinajstić information content (AvgIpc) is 3.30. The van der Waals surface area contributed by atoms with Gasteiger partial charge in [0.25, 0.3) is 5.91 Å². The van der Waals surface area contributed by atoms with Crippen molar-refractivity contribution in [2.45, 2.75) is 39.2 Å². The molecule has 2 amide bonds. The van der Waals surface area contributed by atoms with Crippen LogP contribution in [0.25, 0.3) is 0 Å². The molecule has 160 valence electrons. The number of aryl methyl sites for hydroxylation is 1. The molecule has 2 fully saturated rings. The summed E-state index contributed by atoms with van der Waals surface area (Å²) in [6.45, 7) is 6.11. The van der Waals surface area contributed by atoms with E-state index in [4.69, 9.17) is 0 Å². The molecule has 0 unspecified atom stereocenters. The first-order chi connectivity index (χ1) is 14.4. The second-order valence-corrected chi connectivity index (χ2v) is 8.65. The highest BCUT2D eigenvalue weighted by atomic mass is 16.2. The van der Waals surface area contributed by atoms with E-state index < -0.39 is 0 Å². The summed E-state index contributed by atoms with van der Waals surface area (Å²) < 4.78 is 1.66. The number of hydrogen-bond acceptors (Lipinski definition) is 5. The fraction of sp³-hybridized carbons (Fsp3) is 0.545. The predicted octanol–water partition coefficient (Wildman–Crippen LogP) is 2.54. The third kappa shape index (κ3) is 4.17. The highest BCUT2D eigenvalue weighted by Gasteiger charge is 2.40. The minimum absolute atomic E-state index is 0.00308. The van der Waals surface area contributed by atoms with Gasteiger partial charge in [-0.3, -0.25) is 14.3 Å². The number of carbonyl (C=O) groups is 2. The number of carbonyl (C=O) groups excluding carboxylic acids is 2. The lowest BCUT2D eigenvalue weighted by molar-refractivity contribution is -0.118.